The summed E-state index contributed by atoms with van der Waals surface area (Å²) in [5.74, 6) is 0.435. The third-order valence-corrected chi connectivity index (χ3v) is 5.46. The molecule has 0 aromatic heterocycles. The largest absolute Gasteiger partial charge is 0.348 e. The van der Waals surface area contributed by atoms with Gasteiger partial charge in [0.15, 0.2) is 0 Å². The zero-order chi connectivity index (χ0) is 17.2. The molecule has 3 heterocycles. The summed E-state index contributed by atoms with van der Waals surface area (Å²) in [5, 5.41) is 12.6. The monoisotopic (exact) mass is 331 g/mol. The highest BCUT2D eigenvalue weighted by molar-refractivity contribution is 5.98. The fourth-order valence-corrected chi connectivity index (χ4v) is 4.01. The van der Waals surface area contributed by atoms with E-state index < -0.39 is 0 Å². The van der Waals surface area contributed by atoms with Gasteiger partial charge in [-0.25, -0.2) is 0 Å². The van der Waals surface area contributed by atoms with Crippen molar-refractivity contribution in [1.82, 2.24) is 10.2 Å². The molecule has 3 fully saturated rings. The molecule has 0 spiro atoms. The van der Waals surface area contributed by atoms with E-state index in [1.165, 1.54) is 0 Å². The summed E-state index contributed by atoms with van der Waals surface area (Å²) in [5.41, 5.74) is 2.90. The van der Waals surface area contributed by atoms with Crippen LogP contribution in [-0.2, 0) is 0 Å². The Bertz CT molecular complexity index is 817. The van der Waals surface area contributed by atoms with Gasteiger partial charge < -0.3 is 10.2 Å². The SMILES string of the molecule is N#Cc1ccc(-c2ccccc2)cc1C(=O)N[C@H]1CN2CCC1CC2. The molecule has 0 aliphatic carbocycles. The molecule has 126 valence electrons. The predicted molar refractivity (Wildman–Crippen MR) is 97.0 cm³/mol. The van der Waals surface area contributed by atoms with Crippen molar-refractivity contribution < 1.29 is 4.79 Å². The first kappa shape index (κ1) is 15.9. The third kappa shape index (κ3) is 3.16. The van der Waals surface area contributed by atoms with Gasteiger partial charge in [-0.2, -0.15) is 5.26 Å². The van der Waals surface area contributed by atoms with Crippen molar-refractivity contribution in [2.45, 2.75) is 18.9 Å². The van der Waals surface area contributed by atoms with Gasteiger partial charge in [0.2, 0.25) is 0 Å². The van der Waals surface area contributed by atoms with Gasteiger partial charge in [-0.3, -0.25) is 4.79 Å². The topological polar surface area (TPSA) is 56.1 Å². The molecular weight excluding hydrogens is 310 g/mol. The second-order valence-electron chi connectivity index (χ2n) is 6.96. The van der Waals surface area contributed by atoms with Gasteiger partial charge in [0.1, 0.15) is 0 Å². The van der Waals surface area contributed by atoms with Crippen LogP contribution in [0.25, 0.3) is 11.1 Å². The normalized spacial score (nSPS) is 24.5. The number of fused-ring (bicyclic) bond motifs is 3. The Hall–Kier alpha value is -2.64. The molecule has 3 aliphatic rings. The van der Waals surface area contributed by atoms with Gasteiger partial charge in [-0.1, -0.05) is 36.4 Å². The van der Waals surface area contributed by atoms with Crippen LogP contribution in [-0.4, -0.2) is 36.5 Å². The standard InChI is InChI=1S/C21H21N3O/c22-13-18-7-6-17(15-4-2-1-3-5-15)12-19(18)21(25)23-20-14-24-10-8-16(20)9-11-24/h1-7,12,16,20H,8-11,14H2,(H,23,25)/t20-/m0/s1. The first-order valence-corrected chi connectivity index (χ1v) is 8.87. The van der Waals surface area contributed by atoms with Crippen LogP contribution in [0, 0.1) is 17.2 Å². The Morgan fingerprint density at radius 2 is 1.84 bits per heavy atom. The van der Waals surface area contributed by atoms with E-state index >= 15 is 0 Å². The second kappa shape index (κ2) is 6.70. The molecule has 2 aromatic carbocycles. The molecular formula is C21H21N3O. The lowest BCUT2D eigenvalue weighted by molar-refractivity contribution is 0.0620. The minimum absolute atomic E-state index is 0.131. The Labute approximate surface area is 148 Å². The van der Waals surface area contributed by atoms with Crippen molar-refractivity contribution in [3.63, 3.8) is 0 Å². The summed E-state index contributed by atoms with van der Waals surface area (Å²) in [6, 6.07) is 17.8. The van der Waals surface area contributed by atoms with Crippen LogP contribution >= 0.6 is 0 Å². The lowest BCUT2D eigenvalue weighted by Gasteiger charge is -2.44. The molecule has 0 radical (unpaired) electrons. The highest BCUT2D eigenvalue weighted by atomic mass is 16.1. The van der Waals surface area contributed by atoms with Crippen LogP contribution in [0.15, 0.2) is 48.5 Å². The average molecular weight is 331 g/mol. The molecule has 1 N–H and O–H groups in total. The fraction of sp³-hybridized carbons (Fsp3) is 0.333. The average Bonchev–Trinajstić information content (AvgIpc) is 2.69. The summed E-state index contributed by atoms with van der Waals surface area (Å²) in [7, 11) is 0. The summed E-state index contributed by atoms with van der Waals surface area (Å²) < 4.78 is 0. The summed E-state index contributed by atoms with van der Waals surface area (Å²) >= 11 is 0. The Balaban J connectivity index is 1.60. The van der Waals surface area contributed by atoms with Crippen molar-refractivity contribution in [1.29, 1.82) is 5.26 Å². The molecule has 1 amide bonds. The maximum Gasteiger partial charge on any atom is 0.252 e. The van der Waals surface area contributed by atoms with Crippen LogP contribution in [0.1, 0.15) is 28.8 Å². The van der Waals surface area contributed by atoms with Crippen LogP contribution < -0.4 is 5.32 Å². The molecule has 3 aliphatic heterocycles. The molecule has 25 heavy (non-hydrogen) atoms. The molecule has 2 bridgehead atoms. The zero-order valence-electron chi connectivity index (χ0n) is 14.1. The molecule has 0 saturated carbocycles. The minimum Gasteiger partial charge on any atom is -0.348 e. The number of carbonyl (C=O) groups excluding carboxylic acids is 1. The molecule has 3 saturated heterocycles. The van der Waals surface area contributed by atoms with Crippen LogP contribution in [0.4, 0.5) is 0 Å². The minimum atomic E-state index is -0.131. The van der Waals surface area contributed by atoms with E-state index in [0.29, 0.717) is 17.0 Å². The van der Waals surface area contributed by atoms with E-state index in [4.69, 9.17) is 0 Å². The van der Waals surface area contributed by atoms with Gasteiger partial charge in [-0.05, 0) is 55.1 Å². The maximum atomic E-state index is 12.9. The molecule has 2 aromatic rings. The van der Waals surface area contributed by atoms with Crippen LogP contribution in [0.3, 0.4) is 0 Å². The number of benzene rings is 2. The number of piperidine rings is 3. The van der Waals surface area contributed by atoms with Gasteiger partial charge in [0.05, 0.1) is 17.2 Å². The number of amides is 1. The van der Waals surface area contributed by atoms with Gasteiger partial charge in [0, 0.05) is 12.6 Å². The summed E-state index contributed by atoms with van der Waals surface area (Å²) in [6.07, 6.45) is 2.31. The van der Waals surface area contributed by atoms with E-state index in [1.54, 1.807) is 6.07 Å². The molecule has 0 unspecified atom stereocenters. The van der Waals surface area contributed by atoms with Crippen LogP contribution in [0.2, 0.25) is 0 Å². The van der Waals surface area contributed by atoms with Crippen molar-refractivity contribution in [3.8, 4) is 17.2 Å². The lowest BCUT2D eigenvalue weighted by atomic mass is 9.84. The number of carbonyl (C=O) groups is 1. The Kier molecular flexibility index (Phi) is 4.25. The number of hydrogen-bond donors (Lipinski definition) is 1. The smallest absolute Gasteiger partial charge is 0.252 e. The van der Waals surface area contributed by atoms with Gasteiger partial charge >= 0.3 is 0 Å². The number of hydrogen-bond acceptors (Lipinski definition) is 3. The van der Waals surface area contributed by atoms with E-state index in [0.717, 1.165) is 43.6 Å². The lowest BCUT2D eigenvalue weighted by Crippen LogP contribution is -2.57. The van der Waals surface area contributed by atoms with E-state index in [1.807, 2.05) is 42.5 Å². The Morgan fingerprint density at radius 1 is 1.08 bits per heavy atom. The quantitative estimate of drug-likeness (QED) is 0.940. The van der Waals surface area contributed by atoms with Crippen molar-refractivity contribution in [2.75, 3.05) is 19.6 Å². The molecule has 1 atom stereocenters. The van der Waals surface area contributed by atoms with Crippen molar-refractivity contribution >= 4 is 5.91 Å². The summed E-state index contributed by atoms with van der Waals surface area (Å²) in [6.45, 7) is 3.21. The first-order chi connectivity index (χ1) is 12.2. The molecule has 4 heteroatoms. The molecule has 4 nitrogen and oxygen atoms in total. The highest BCUT2D eigenvalue weighted by Gasteiger charge is 2.35. The number of nitrogens with one attached hydrogen (secondary N) is 1. The van der Waals surface area contributed by atoms with E-state index in [2.05, 4.69) is 16.3 Å². The third-order valence-electron chi connectivity index (χ3n) is 5.46. The number of rotatable bonds is 3. The number of nitriles is 1. The highest BCUT2D eigenvalue weighted by Crippen LogP contribution is 2.28. The fourth-order valence-electron chi connectivity index (χ4n) is 4.01. The van der Waals surface area contributed by atoms with E-state index in [9.17, 15) is 10.1 Å². The molecule has 5 rings (SSSR count). The maximum absolute atomic E-state index is 12.9. The van der Waals surface area contributed by atoms with Crippen LogP contribution in [0.5, 0.6) is 0 Å². The van der Waals surface area contributed by atoms with Crippen molar-refractivity contribution in [2.24, 2.45) is 5.92 Å². The van der Waals surface area contributed by atoms with Gasteiger partial charge in [0.25, 0.3) is 5.91 Å². The Morgan fingerprint density at radius 3 is 2.48 bits per heavy atom. The van der Waals surface area contributed by atoms with E-state index in [-0.39, 0.29) is 11.9 Å². The zero-order valence-corrected chi connectivity index (χ0v) is 14.1. The van der Waals surface area contributed by atoms with Crippen molar-refractivity contribution in [3.05, 3.63) is 59.7 Å². The second-order valence-corrected chi connectivity index (χ2v) is 6.96. The number of nitrogens with zero attached hydrogens (tertiary/aromatic N) is 2. The first-order valence-electron chi connectivity index (χ1n) is 8.87. The van der Waals surface area contributed by atoms with Gasteiger partial charge in [-0.15, -0.1) is 0 Å². The predicted octanol–water partition coefficient (Wildman–Crippen LogP) is 3.05. The summed E-state index contributed by atoms with van der Waals surface area (Å²) in [4.78, 5) is 15.3.